The van der Waals surface area contributed by atoms with Crippen molar-refractivity contribution in [1.82, 2.24) is 15.3 Å². The fourth-order valence-electron chi connectivity index (χ4n) is 2.26. The van der Waals surface area contributed by atoms with Gasteiger partial charge >= 0.3 is 0 Å². The lowest BCUT2D eigenvalue weighted by molar-refractivity contribution is 0.298. The molecule has 2 heterocycles. The summed E-state index contributed by atoms with van der Waals surface area (Å²) in [6.07, 6.45) is 5.60. The average Bonchev–Trinajstić information content (AvgIpc) is 3.07. The smallest absolute Gasteiger partial charge is 0.169 e. The zero-order valence-corrected chi connectivity index (χ0v) is 15.9. The van der Waals surface area contributed by atoms with E-state index in [4.69, 9.17) is 21.7 Å². The summed E-state index contributed by atoms with van der Waals surface area (Å²) in [7, 11) is 0. The van der Waals surface area contributed by atoms with Gasteiger partial charge in [-0.2, -0.15) is 0 Å². The Labute approximate surface area is 161 Å². The zero-order chi connectivity index (χ0) is 19.6. The number of anilines is 3. The molecule has 9 nitrogen and oxygen atoms in total. The first-order valence-corrected chi connectivity index (χ1v) is 9.23. The van der Waals surface area contributed by atoms with E-state index in [-0.39, 0.29) is 12.4 Å². The van der Waals surface area contributed by atoms with E-state index in [1.807, 2.05) is 13.0 Å². The summed E-state index contributed by atoms with van der Waals surface area (Å²) in [5.74, 6) is 0.694. The van der Waals surface area contributed by atoms with Crippen LogP contribution in [0.2, 0.25) is 0 Å². The number of rotatable bonds is 11. The van der Waals surface area contributed by atoms with E-state index in [0.29, 0.717) is 30.2 Å². The third-order valence-electron chi connectivity index (χ3n) is 3.51. The Balaban J connectivity index is 2.15. The third-order valence-corrected chi connectivity index (χ3v) is 4.59. The number of nitrogens with one attached hydrogen (secondary N) is 5. The van der Waals surface area contributed by atoms with Crippen molar-refractivity contribution in [3.05, 3.63) is 33.9 Å². The first-order chi connectivity index (χ1) is 13.1. The molecule has 144 valence electrons. The van der Waals surface area contributed by atoms with Crippen molar-refractivity contribution in [1.29, 1.82) is 10.8 Å². The van der Waals surface area contributed by atoms with Crippen LogP contribution < -0.4 is 21.7 Å². The minimum atomic E-state index is -0.00453. The van der Waals surface area contributed by atoms with Crippen LogP contribution in [0.15, 0.2) is 18.5 Å². The number of nitrogens with two attached hydrogens (primary N) is 1. The second-order valence-corrected chi connectivity index (χ2v) is 6.60. The zero-order valence-electron chi connectivity index (χ0n) is 15.0. The van der Waals surface area contributed by atoms with Crippen molar-refractivity contribution in [3.8, 4) is 0 Å². The molecule has 0 saturated heterocycles. The largest absolute Gasteiger partial charge is 0.395 e. The quantitative estimate of drug-likeness (QED) is 0.228. The number of hydrogen-bond acceptors (Lipinski definition) is 10. The molecule has 8 N–H and O–H groups in total. The third kappa shape index (κ3) is 5.50. The highest BCUT2D eigenvalue weighted by Crippen LogP contribution is 2.27. The highest BCUT2D eigenvalue weighted by atomic mass is 32.1. The Morgan fingerprint density at radius 2 is 2.19 bits per heavy atom. The molecule has 0 aromatic carbocycles. The minimum Gasteiger partial charge on any atom is -0.395 e. The number of aliphatic hydroxyl groups is 1. The van der Waals surface area contributed by atoms with Crippen LogP contribution in [-0.2, 0) is 6.54 Å². The number of nitrogens with zero attached hydrogens (tertiary/aromatic N) is 2. The van der Waals surface area contributed by atoms with Crippen molar-refractivity contribution in [2.75, 3.05) is 36.1 Å². The van der Waals surface area contributed by atoms with Gasteiger partial charge in [-0.25, -0.2) is 9.97 Å². The number of aliphatic hydroxyl groups excluding tert-OH is 1. The Kier molecular flexibility index (Phi) is 7.71. The SMILES string of the molecule is CCNc1cc(CNc2nc(/C(C=N)=C/NCCO)cnc2N)sc1C=N. The van der Waals surface area contributed by atoms with E-state index in [1.54, 1.807) is 6.20 Å². The van der Waals surface area contributed by atoms with Crippen LogP contribution in [0.5, 0.6) is 0 Å². The first kappa shape index (κ1) is 20.3. The molecule has 0 amide bonds. The lowest BCUT2D eigenvalue weighted by Crippen LogP contribution is -2.12. The van der Waals surface area contributed by atoms with Crippen LogP contribution in [0.3, 0.4) is 0 Å². The molecule has 0 aliphatic rings. The molecule has 0 unspecified atom stereocenters. The first-order valence-electron chi connectivity index (χ1n) is 8.41. The van der Waals surface area contributed by atoms with Gasteiger partial charge in [0, 0.05) is 42.2 Å². The Morgan fingerprint density at radius 1 is 1.37 bits per heavy atom. The monoisotopic (exact) mass is 388 g/mol. The molecule has 0 spiro atoms. The van der Waals surface area contributed by atoms with Crippen molar-refractivity contribution in [2.24, 2.45) is 0 Å². The average molecular weight is 389 g/mol. The lowest BCUT2D eigenvalue weighted by Gasteiger charge is -2.09. The summed E-state index contributed by atoms with van der Waals surface area (Å²) < 4.78 is 0. The van der Waals surface area contributed by atoms with Crippen LogP contribution in [0.25, 0.3) is 5.57 Å². The molecule has 10 heteroatoms. The van der Waals surface area contributed by atoms with Crippen molar-refractivity contribution < 1.29 is 5.11 Å². The molecule has 0 bridgehead atoms. The van der Waals surface area contributed by atoms with Gasteiger partial charge < -0.3 is 37.6 Å². The fraction of sp³-hybridized carbons (Fsp3) is 0.294. The van der Waals surface area contributed by atoms with E-state index >= 15 is 0 Å². The molecule has 2 rings (SSSR count). The highest BCUT2D eigenvalue weighted by molar-refractivity contribution is 7.14. The van der Waals surface area contributed by atoms with Crippen molar-refractivity contribution in [3.63, 3.8) is 0 Å². The van der Waals surface area contributed by atoms with Crippen LogP contribution in [-0.4, -0.2) is 47.2 Å². The summed E-state index contributed by atoms with van der Waals surface area (Å²) in [5, 5.41) is 33.2. The molecule has 0 saturated carbocycles. The molecule has 0 aliphatic carbocycles. The van der Waals surface area contributed by atoms with Gasteiger partial charge in [-0.1, -0.05) is 0 Å². The standard InChI is InChI=1S/C17H24N8OS/c1-2-22-13-5-12(27-15(13)7-19)9-24-17-16(20)23-10-14(25-17)11(6-18)8-21-3-4-26/h5-8,10,18-19,21-22,26H,2-4,9H2,1H3,(H2,20,23)(H,24,25)/b11-8+,18-6?,19-7?. The summed E-state index contributed by atoms with van der Waals surface area (Å²) in [6, 6.07) is 2.00. The molecule has 0 atom stereocenters. The van der Waals surface area contributed by atoms with Gasteiger partial charge in [0.2, 0.25) is 0 Å². The maximum Gasteiger partial charge on any atom is 0.169 e. The van der Waals surface area contributed by atoms with Gasteiger partial charge in [0.25, 0.3) is 0 Å². The predicted octanol–water partition coefficient (Wildman–Crippen LogP) is 1.73. The molecule has 0 aliphatic heterocycles. The minimum absolute atomic E-state index is 0.00453. The van der Waals surface area contributed by atoms with E-state index in [2.05, 4.69) is 25.9 Å². The van der Waals surface area contributed by atoms with E-state index in [0.717, 1.165) is 28.2 Å². The summed E-state index contributed by atoms with van der Waals surface area (Å²) >= 11 is 1.51. The molecule has 0 radical (unpaired) electrons. The van der Waals surface area contributed by atoms with Gasteiger partial charge in [-0.05, 0) is 13.0 Å². The summed E-state index contributed by atoms with van der Waals surface area (Å²) in [5.41, 5.74) is 7.87. The summed E-state index contributed by atoms with van der Waals surface area (Å²) in [4.78, 5) is 10.5. The molecule has 2 aromatic heterocycles. The molecule has 2 aromatic rings. The predicted molar refractivity (Wildman–Crippen MR) is 112 cm³/mol. The Morgan fingerprint density at radius 3 is 2.85 bits per heavy atom. The van der Waals surface area contributed by atoms with Crippen molar-refractivity contribution >= 4 is 46.7 Å². The highest BCUT2D eigenvalue weighted by Gasteiger charge is 2.10. The second-order valence-electron chi connectivity index (χ2n) is 5.43. The Hall–Kier alpha value is -2.98. The van der Waals surface area contributed by atoms with Crippen LogP contribution in [0.4, 0.5) is 17.3 Å². The number of allylic oxidation sites excluding steroid dienone is 1. The van der Waals surface area contributed by atoms with Gasteiger partial charge in [-0.3, -0.25) is 0 Å². The van der Waals surface area contributed by atoms with Crippen LogP contribution >= 0.6 is 11.3 Å². The molecular weight excluding hydrogens is 364 g/mol. The van der Waals surface area contributed by atoms with Gasteiger partial charge in [0.05, 0.1) is 35.6 Å². The molecule has 0 fully saturated rings. The molecular formula is C17H24N8OS. The molecule has 27 heavy (non-hydrogen) atoms. The van der Waals surface area contributed by atoms with E-state index < -0.39 is 0 Å². The second kappa shape index (κ2) is 10.2. The number of thiophene rings is 1. The number of aromatic nitrogens is 2. The van der Waals surface area contributed by atoms with Gasteiger partial charge in [-0.15, -0.1) is 11.3 Å². The van der Waals surface area contributed by atoms with Crippen molar-refractivity contribution in [2.45, 2.75) is 13.5 Å². The van der Waals surface area contributed by atoms with Gasteiger partial charge in [0.15, 0.2) is 11.6 Å². The number of nitrogen functional groups attached to an aromatic ring is 1. The topological polar surface area (TPSA) is 156 Å². The normalized spacial score (nSPS) is 11.1. The Bertz CT molecular complexity index is 817. The van der Waals surface area contributed by atoms with E-state index in [1.165, 1.54) is 23.7 Å². The fourth-order valence-corrected chi connectivity index (χ4v) is 3.16. The van der Waals surface area contributed by atoms with Crippen LogP contribution in [0, 0.1) is 10.8 Å². The maximum absolute atomic E-state index is 8.83. The summed E-state index contributed by atoms with van der Waals surface area (Å²) in [6.45, 7) is 3.66. The van der Waals surface area contributed by atoms with E-state index in [9.17, 15) is 0 Å². The maximum atomic E-state index is 8.83. The number of hydrogen-bond donors (Lipinski definition) is 7. The lowest BCUT2D eigenvalue weighted by atomic mass is 10.2. The van der Waals surface area contributed by atoms with Gasteiger partial charge in [0.1, 0.15) is 0 Å². The van der Waals surface area contributed by atoms with Crippen LogP contribution in [0.1, 0.15) is 22.4 Å².